The highest BCUT2D eigenvalue weighted by molar-refractivity contribution is 9.10. The van der Waals surface area contributed by atoms with Crippen molar-refractivity contribution in [2.45, 2.75) is 6.92 Å². The van der Waals surface area contributed by atoms with Crippen molar-refractivity contribution in [1.29, 1.82) is 0 Å². The molecule has 0 saturated carbocycles. The van der Waals surface area contributed by atoms with Gasteiger partial charge in [-0.2, -0.15) is 0 Å². The molecular weight excluding hydrogens is 240 g/mol. The van der Waals surface area contributed by atoms with Crippen LogP contribution < -0.4 is 5.32 Å². The second kappa shape index (κ2) is 3.58. The Morgan fingerprint density at radius 1 is 1.36 bits per heavy atom. The van der Waals surface area contributed by atoms with E-state index in [4.69, 9.17) is 0 Å². The molecule has 1 heterocycles. The zero-order valence-electron chi connectivity index (χ0n) is 8.13. The number of pyridine rings is 1. The number of hydrogen-bond acceptors (Lipinski definition) is 2. The van der Waals surface area contributed by atoms with Crippen LogP contribution in [0.25, 0.3) is 10.9 Å². The Kier molecular flexibility index (Phi) is 2.42. The van der Waals surface area contributed by atoms with Gasteiger partial charge in [0.15, 0.2) is 0 Å². The summed E-state index contributed by atoms with van der Waals surface area (Å²) < 4.78 is 1.09. The molecule has 0 amide bonds. The first-order chi connectivity index (χ1) is 6.72. The van der Waals surface area contributed by atoms with E-state index >= 15 is 0 Å². The van der Waals surface area contributed by atoms with Crippen LogP contribution in [0.4, 0.5) is 5.69 Å². The van der Waals surface area contributed by atoms with E-state index in [1.807, 2.05) is 19.3 Å². The molecule has 1 aromatic carbocycles. The summed E-state index contributed by atoms with van der Waals surface area (Å²) >= 11 is 3.49. The molecule has 1 N–H and O–H groups in total. The number of fused-ring (bicyclic) bond motifs is 1. The number of aryl methyl sites for hydroxylation is 1. The lowest BCUT2D eigenvalue weighted by Gasteiger charge is -2.07. The molecule has 14 heavy (non-hydrogen) atoms. The molecule has 0 aliphatic carbocycles. The van der Waals surface area contributed by atoms with Crippen LogP contribution in [-0.2, 0) is 0 Å². The van der Waals surface area contributed by atoms with Crippen molar-refractivity contribution in [1.82, 2.24) is 4.98 Å². The highest BCUT2D eigenvalue weighted by Crippen LogP contribution is 2.27. The summed E-state index contributed by atoms with van der Waals surface area (Å²) in [5.74, 6) is 0. The maximum Gasteiger partial charge on any atom is 0.0752 e. The summed E-state index contributed by atoms with van der Waals surface area (Å²) in [5, 5.41) is 4.32. The maximum atomic E-state index is 4.37. The van der Waals surface area contributed by atoms with Crippen molar-refractivity contribution >= 4 is 32.5 Å². The van der Waals surface area contributed by atoms with Gasteiger partial charge in [0, 0.05) is 28.8 Å². The van der Waals surface area contributed by atoms with Crippen molar-refractivity contribution in [2.75, 3.05) is 12.4 Å². The number of nitrogens with one attached hydrogen (secondary N) is 1. The van der Waals surface area contributed by atoms with Crippen molar-refractivity contribution in [3.05, 3.63) is 34.4 Å². The van der Waals surface area contributed by atoms with E-state index in [1.54, 1.807) is 0 Å². The van der Waals surface area contributed by atoms with E-state index in [2.05, 4.69) is 45.3 Å². The maximum absolute atomic E-state index is 4.37. The Balaban J connectivity index is 2.86. The summed E-state index contributed by atoms with van der Waals surface area (Å²) in [6.07, 6.45) is 1.83. The summed E-state index contributed by atoms with van der Waals surface area (Å²) in [7, 11) is 1.92. The first kappa shape index (κ1) is 9.46. The monoisotopic (exact) mass is 250 g/mol. The van der Waals surface area contributed by atoms with Crippen LogP contribution in [0.5, 0.6) is 0 Å². The summed E-state index contributed by atoms with van der Waals surface area (Å²) in [6.45, 7) is 2.07. The standard InChI is InChI=1S/C11H11BrN2/c1-7-5-8(12)6-9-10(13-2)3-4-14-11(7)9/h3-6H,1-2H3,(H,13,14). The molecule has 0 radical (unpaired) electrons. The minimum atomic E-state index is 1.06. The fourth-order valence-electron chi connectivity index (χ4n) is 1.61. The molecular formula is C11H11BrN2. The lowest BCUT2D eigenvalue weighted by atomic mass is 10.1. The smallest absolute Gasteiger partial charge is 0.0752 e. The number of benzene rings is 1. The van der Waals surface area contributed by atoms with Crippen molar-refractivity contribution < 1.29 is 0 Å². The quantitative estimate of drug-likeness (QED) is 0.840. The van der Waals surface area contributed by atoms with Crippen LogP contribution in [-0.4, -0.2) is 12.0 Å². The third kappa shape index (κ3) is 1.48. The predicted octanol–water partition coefficient (Wildman–Crippen LogP) is 3.35. The molecule has 0 aliphatic rings. The molecule has 0 fully saturated rings. The number of hydrogen-bond donors (Lipinski definition) is 1. The van der Waals surface area contributed by atoms with Gasteiger partial charge in [-0.3, -0.25) is 4.98 Å². The third-order valence-corrected chi connectivity index (χ3v) is 2.73. The first-order valence-corrected chi connectivity index (χ1v) is 5.24. The van der Waals surface area contributed by atoms with Gasteiger partial charge in [-0.15, -0.1) is 0 Å². The Morgan fingerprint density at radius 2 is 2.14 bits per heavy atom. The number of anilines is 1. The van der Waals surface area contributed by atoms with Gasteiger partial charge in [0.2, 0.25) is 0 Å². The van der Waals surface area contributed by atoms with E-state index in [1.165, 1.54) is 5.56 Å². The lowest BCUT2D eigenvalue weighted by molar-refractivity contribution is 1.35. The minimum absolute atomic E-state index is 1.06. The summed E-state index contributed by atoms with van der Waals surface area (Å²) in [4.78, 5) is 4.37. The van der Waals surface area contributed by atoms with E-state index in [0.29, 0.717) is 0 Å². The minimum Gasteiger partial charge on any atom is -0.388 e. The molecule has 0 atom stereocenters. The van der Waals surface area contributed by atoms with E-state index in [0.717, 1.165) is 21.1 Å². The normalized spacial score (nSPS) is 10.5. The molecule has 2 rings (SSSR count). The summed E-state index contributed by atoms with van der Waals surface area (Å²) in [5.41, 5.74) is 3.35. The van der Waals surface area contributed by atoms with Gasteiger partial charge in [-0.05, 0) is 30.7 Å². The van der Waals surface area contributed by atoms with Gasteiger partial charge in [-0.1, -0.05) is 15.9 Å². The molecule has 0 unspecified atom stereocenters. The van der Waals surface area contributed by atoms with Crippen molar-refractivity contribution in [3.8, 4) is 0 Å². The molecule has 2 nitrogen and oxygen atoms in total. The molecule has 2 aromatic rings. The molecule has 0 spiro atoms. The van der Waals surface area contributed by atoms with Gasteiger partial charge in [0.1, 0.15) is 0 Å². The van der Waals surface area contributed by atoms with Crippen LogP contribution in [0, 0.1) is 6.92 Å². The fourth-order valence-corrected chi connectivity index (χ4v) is 2.18. The van der Waals surface area contributed by atoms with Crippen LogP contribution >= 0.6 is 15.9 Å². The predicted molar refractivity (Wildman–Crippen MR) is 63.7 cm³/mol. The fraction of sp³-hybridized carbons (Fsp3) is 0.182. The Morgan fingerprint density at radius 3 is 2.86 bits per heavy atom. The molecule has 1 aromatic heterocycles. The number of nitrogens with zero attached hydrogens (tertiary/aromatic N) is 1. The Labute approximate surface area is 91.5 Å². The lowest BCUT2D eigenvalue weighted by Crippen LogP contribution is -1.92. The first-order valence-electron chi connectivity index (χ1n) is 4.45. The van der Waals surface area contributed by atoms with Crippen LogP contribution in [0.3, 0.4) is 0 Å². The van der Waals surface area contributed by atoms with E-state index in [9.17, 15) is 0 Å². The van der Waals surface area contributed by atoms with Gasteiger partial charge in [-0.25, -0.2) is 0 Å². The van der Waals surface area contributed by atoms with Gasteiger partial charge in [0.25, 0.3) is 0 Å². The number of aromatic nitrogens is 1. The topological polar surface area (TPSA) is 24.9 Å². The third-order valence-electron chi connectivity index (χ3n) is 2.27. The van der Waals surface area contributed by atoms with Crippen molar-refractivity contribution in [2.24, 2.45) is 0 Å². The average Bonchev–Trinajstić information content (AvgIpc) is 2.17. The highest BCUT2D eigenvalue weighted by Gasteiger charge is 2.03. The van der Waals surface area contributed by atoms with E-state index < -0.39 is 0 Å². The van der Waals surface area contributed by atoms with Crippen LogP contribution in [0.15, 0.2) is 28.9 Å². The number of halogens is 1. The second-order valence-corrected chi connectivity index (χ2v) is 4.14. The average molecular weight is 251 g/mol. The second-order valence-electron chi connectivity index (χ2n) is 3.23. The number of rotatable bonds is 1. The zero-order valence-corrected chi connectivity index (χ0v) is 9.72. The van der Waals surface area contributed by atoms with Gasteiger partial charge < -0.3 is 5.32 Å². The Bertz CT molecular complexity index is 480. The van der Waals surface area contributed by atoms with Crippen molar-refractivity contribution in [3.63, 3.8) is 0 Å². The molecule has 0 saturated heterocycles. The Hall–Kier alpha value is -1.09. The van der Waals surface area contributed by atoms with Crippen LogP contribution in [0.2, 0.25) is 0 Å². The van der Waals surface area contributed by atoms with E-state index in [-0.39, 0.29) is 0 Å². The van der Waals surface area contributed by atoms with Gasteiger partial charge >= 0.3 is 0 Å². The van der Waals surface area contributed by atoms with Gasteiger partial charge in [0.05, 0.1) is 5.52 Å². The highest BCUT2D eigenvalue weighted by atomic mass is 79.9. The molecule has 72 valence electrons. The zero-order chi connectivity index (χ0) is 10.1. The van der Waals surface area contributed by atoms with Crippen LogP contribution in [0.1, 0.15) is 5.56 Å². The molecule has 3 heteroatoms. The molecule has 0 aliphatic heterocycles. The largest absolute Gasteiger partial charge is 0.388 e. The SMILES string of the molecule is CNc1ccnc2c(C)cc(Br)cc12. The molecule has 0 bridgehead atoms. The summed E-state index contributed by atoms with van der Waals surface area (Å²) in [6, 6.07) is 6.14.